The van der Waals surface area contributed by atoms with Gasteiger partial charge in [0.15, 0.2) is 11.2 Å². The van der Waals surface area contributed by atoms with E-state index in [1.54, 1.807) is 11.6 Å². The Hall–Kier alpha value is -3.94. The Morgan fingerprint density at radius 1 is 1.07 bits per heavy atom. The Morgan fingerprint density at radius 2 is 1.72 bits per heavy atom. The van der Waals surface area contributed by atoms with E-state index < -0.39 is 11.2 Å². The third-order valence-electron chi connectivity index (χ3n) is 4.71. The van der Waals surface area contributed by atoms with Crippen molar-refractivity contribution in [2.45, 2.75) is 13.5 Å². The predicted octanol–water partition coefficient (Wildman–Crippen LogP) is 2.31. The monoisotopic (exact) mass is 388 g/mol. The van der Waals surface area contributed by atoms with Crippen molar-refractivity contribution in [3.05, 3.63) is 92.6 Å². The number of aromatic amines is 1. The standard InChI is InChI=1S/C21H20N6O2/c1-14(16-11-7-4-8-12-16)24-25-20-22-18-17(19(28)23-21(29)26(18)2)27(20)13-15-9-5-3-6-10-15/h3-12H,13H2,1-2H3,(H,22,25)(H,23,28,29)/b24-14+. The van der Waals surface area contributed by atoms with Gasteiger partial charge in [-0.2, -0.15) is 10.1 Å². The number of nitrogens with one attached hydrogen (secondary N) is 2. The van der Waals surface area contributed by atoms with Gasteiger partial charge in [0.2, 0.25) is 5.95 Å². The van der Waals surface area contributed by atoms with Crippen LogP contribution >= 0.6 is 0 Å². The van der Waals surface area contributed by atoms with Gasteiger partial charge in [-0.1, -0.05) is 60.7 Å². The van der Waals surface area contributed by atoms with Crippen LogP contribution in [-0.4, -0.2) is 24.8 Å². The van der Waals surface area contributed by atoms with Crippen LogP contribution in [0.1, 0.15) is 18.1 Å². The molecule has 2 N–H and O–H groups in total. The number of benzene rings is 2. The van der Waals surface area contributed by atoms with Crippen molar-refractivity contribution in [1.82, 2.24) is 19.1 Å². The lowest BCUT2D eigenvalue weighted by atomic mass is 10.1. The third-order valence-corrected chi connectivity index (χ3v) is 4.71. The number of fused-ring (bicyclic) bond motifs is 1. The van der Waals surface area contributed by atoms with Crippen molar-refractivity contribution in [3.63, 3.8) is 0 Å². The summed E-state index contributed by atoms with van der Waals surface area (Å²) in [5.41, 5.74) is 5.31. The van der Waals surface area contributed by atoms with E-state index in [4.69, 9.17) is 0 Å². The van der Waals surface area contributed by atoms with E-state index in [1.807, 2.05) is 67.6 Å². The van der Waals surface area contributed by atoms with Crippen LogP contribution in [0.2, 0.25) is 0 Å². The second kappa shape index (κ2) is 7.59. The number of imidazole rings is 1. The van der Waals surface area contributed by atoms with Crippen molar-refractivity contribution >= 4 is 22.8 Å². The SMILES string of the molecule is C/C(=N\Nc1nc2c(c(=O)[nH]c(=O)n2C)n1Cc1ccccc1)c1ccccc1. The number of aryl methyl sites for hydroxylation is 1. The first-order valence-electron chi connectivity index (χ1n) is 9.14. The minimum atomic E-state index is -0.512. The molecule has 8 nitrogen and oxygen atoms in total. The highest BCUT2D eigenvalue weighted by Gasteiger charge is 2.17. The van der Waals surface area contributed by atoms with Gasteiger partial charge in [-0.15, -0.1) is 0 Å². The molecule has 2 aromatic carbocycles. The Bertz CT molecular complexity index is 1300. The number of aromatic nitrogens is 4. The second-order valence-electron chi connectivity index (χ2n) is 6.67. The fourth-order valence-electron chi connectivity index (χ4n) is 3.12. The fraction of sp³-hybridized carbons (Fsp3) is 0.143. The minimum absolute atomic E-state index is 0.296. The molecule has 0 unspecified atom stereocenters. The van der Waals surface area contributed by atoms with Crippen LogP contribution in [0.4, 0.5) is 5.95 Å². The maximum atomic E-state index is 12.5. The number of anilines is 1. The maximum Gasteiger partial charge on any atom is 0.329 e. The molecule has 4 aromatic rings. The van der Waals surface area contributed by atoms with Crippen molar-refractivity contribution in [3.8, 4) is 0 Å². The van der Waals surface area contributed by atoms with Gasteiger partial charge in [0.1, 0.15) is 0 Å². The van der Waals surface area contributed by atoms with Crippen molar-refractivity contribution in [2.75, 3.05) is 5.43 Å². The molecule has 0 spiro atoms. The molecule has 0 aliphatic heterocycles. The summed E-state index contributed by atoms with van der Waals surface area (Å²) in [5.74, 6) is 0.380. The molecule has 2 aromatic heterocycles. The van der Waals surface area contributed by atoms with Crippen LogP contribution in [0.25, 0.3) is 11.2 Å². The van der Waals surface area contributed by atoms with Crippen molar-refractivity contribution in [2.24, 2.45) is 12.1 Å². The molecular weight excluding hydrogens is 368 g/mol. The zero-order chi connectivity index (χ0) is 20.4. The number of rotatable bonds is 5. The summed E-state index contributed by atoms with van der Waals surface area (Å²) in [7, 11) is 1.57. The largest absolute Gasteiger partial charge is 0.329 e. The first-order valence-corrected chi connectivity index (χ1v) is 9.14. The van der Waals surface area contributed by atoms with Gasteiger partial charge in [-0.3, -0.25) is 18.9 Å². The summed E-state index contributed by atoms with van der Waals surface area (Å²) in [4.78, 5) is 31.4. The van der Waals surface area contributed by atoms with E-state index in [-0.39, 0.29) is 0 Å². The second-order valence-corrected chi connectivity index (χ2v) is 6.67. The quantitative estimate of drug-likeness (QED) is 0.405. The lowest BCUT2D eigenvalue weighted by Gasteiger charge is -2.09. The van der Waals surface area contributed by atoms with E-state index >= 15 is 0 Å². The molecule has 0 aliphatic carbocycles. The minimum Gasteiger partial charge on any atom is -0.298 e. The summed E-state index contributed by atoms with van der Waals surface area (Å²) in [6, 6.07) is 19.5. The van der Waals surface area contributed by atoms with Crippen molar-refractivity contribution in [1.29, 1.82) is 0 Å². The lowest BCUT2D eigenvalue weighted by Crippen LogP contribution is -2.29. The Morgan fingerprint density at radius 3 is 2.41 bits per heavy atom. The first-order chi connectivity index (χ1) is 14.0. The number of hydrazone groups is 1. The molecule has 0 amide bonds. The molecule has 0 saturated heterocycles. The molecule has 2 heterocycles. The number of H-pyrrole nitrogens is 1. The van der Waals surface area contributed by atoms with E-state index in [1.165, 1.54) is 4.57 Å². The Kier molecular flexibility index (Phi) is 4.82. The molecule has 0 aliphatic rings. The molecule has 4 rings (SSSR count). The van der Waals surface area contributed by atoms with Crippen LogP contribution in [0.5, 0.6) is 0 Å². The van der Waals surface area contributed by atoms with Crippen LogP contribution in [0.15, 0.2) is 75.4 Å². The van der Waals surface area contributed by atoms with E-state index in [9.17, 15) is 9.59 Å². The summed E-state index contributed by atoms with van der Waals surface area (Å²) in [5, 5.41) is 4.43. The van der Waals surface area contributed by atoms with Gasteiger partial charge in [-0.25, -0.2) is 10.2 Å². The highest BCUT2D eigenvalue weighted by Crippen LogP contribution is 2.18. The molecule has 29 heavy (non-hydrogen) atoms. The third kappa shape index (κ3) is 3.60. The van der Waals surface area contributed by atoms with Crippen LogP contribution in [-0.2, 0) is 13.6 Å². The normalized spacial score (nSPS) is 11.7. The lowest BCUT2D eigenvalue weighted by molar-refractivity contribution is 0.808. The van der Waals surface area contributed by atoms with E-state index in [0.29, 0.717) is 23.7 Å². The Balaban J connectivity index is 1.83. The molecule has 0 saturated carbocycles. The van der Waals surface area contributed by atoms with Crippen LogP contribution < -0.4 is 16.7 Å². The highest BCUT2D eigenvalue weighted by atomic mass is 16.2. The molecule has 0 atom stereocenters. The van der Waals surface area contributed by atoms with Gasteiger partial charge in [0, 0.05) is 7.05 Å². The molecule has 0 fully saturated rings. The van der Waals surface area contributed by atoms with Gasteiger partial charge in [0.05, 0.1) is 12.3 Å². The summed E-state index contributed by atoms with van der Waals surface area (Å²) in [6.07, 6.45) is 0. The highest BCUT2D eigenvalue weighted by molar-refractivity contribution is 5.99. The fourth-order valence-corrected chi connectivity index (χ4v) is 3.12. The molecule has 0 bridgehead atoms. The average molecular weight is 388 g/mol. The van der Waals surface area contributed by atoms with Crippen LogP contribution in [0.3, 0.4) is 0 Å². The number of nitrogens with zero attached hydrogens (tertiary/aromatic N) is 4. The van der Waals surface area contributed by atoms with Gasteiger partial charge in [0.25, 0.3) is 5.56 Å². The topological polar surface area (TPSA) is 97.1 Å². The number of hydrogen-bond donors (Lipinski definition) is 2. The zero-order valence-electron chi connectivity index (χ0n) is 16.1. The maximum absolute atomic E-state index is 12.5. The van der Waals surface area contributed by atoms with Crippen molar-refractivity contribution < 1.29 is 0 Å². The molecule has 0 radical (unpaired) electrons. The predicted molar refractivity (Wildman–Crippen MR) is 113 cm³/mol. The summed E-state index contributed by atoms with van der Waals surface area (Å²) in [6.45, 7) is 2.29. The average Bonchev–Trinajstić information content (AvgIpc) is 3.10. The summed E-state index contributed by atoms with van der Waals surface area (Å²) >= 11 is 0. The Labute approximate surface area is 166 Å². The van der Waals surface area contributed by atoms with Gasteiger partial charge in [-0.05, 0) is 18.1 Å². The zero-order valence-corrected chi connectivity index (χ0v) is 16.1. The molecule has 8 heteroatoms. The van der Waals surface area contributed by atoms with Gasteiger partial charge >= 0.3 is 5.69 Å². The molecular formula is C21H20N6O2. The smallest absolute Gasteiger partial charge is 0.298 e. The van der Waals surface area contributed by atoms with E-state index in [0.717, 1.165) is 16.8 Å². The van der Waals surface area contributed by atoms with E-state index in [2.05, 4.69) is 20.5 Å². The van der Waals surface area contributed by atoms with Gasteiger partial charge < -0.3 is 0 Å². The number of hydrogen-bond acceptors (Lipinski definition) is 5. The van der Waals surface area contributed by atoms with Crippen LogP contribution in [0, 0.1) is 0 Å². The summed E-state index contributed by atoms with van der Waals surface area (Å²) < 4.78 is 3.04. The first kappa shape index (κ1) is 18.4. The molecule has 146 valence electrons.